The Labute approximate surface area is 142 Å². The summed E-state index contributed by atoms with van der Waals surface area (Å²) in [4.78, 5) is 25.3. The Morgan fingerprint density at radius 1 is 1.33 bits per heavy atom. The van der Waals surface area contributed by atoms with Crippen molar-refractivity contribution >= 4 is 17.5 Å². The SMILES string of the molecule is O=C(COc1ccc(N2CCCC2=O)cc1)NCCC1CCNC1. The van der Waals surface area contributed by atoms with Crippen molar-refractivity contribution in [3.8, 4) is 5.75 Å². The van der Waals surface area contributed by atoms with E-state index in [1.807, 2.05) is 12.1 Å². The van der Waals surface area contributed by atoms with Crippen LogP contribution < -0.4 is 20.3 Å². The summed E-state index contributed by atoms with van der Waals surface area (Å²) in [6.45, 7) is 3.63. The molecule has 6 nitrogen and oxygen atoms in total. The molecule has 2 N–H and O–H groups in total. The van der Waals surface area contributed by atoms with Crippen LogP contribution in [0.25, 0.3) is 0 Å². The number of hydrogen-bond donors (Lipinski definition) is 2. The van der Waals surface area contributed by atoms with Gasteiger partial charge in [-0.25, -0.2) is 0 Å². The normalized spacial score (nSPS) is 20.4. The van der Waals surface area contributed by atoms with Gasteiger partial charge in [-0.1, -0.05) is 0 Å². The molecule has 1 unspecified atom stereocenters. The molecule has 0 aromatic heterocycles. The number of hydrogen-bond acceptors (Lipinski definition) is 4. The minimum absolute atomic E-state index is 0.0188. The van der Waals surface area contributed by atoms with Crippen molar-refractivity contribution in [2.24, 2.45) is 5.92 Å². The first-order chi connectivity index (χ1) is 11.7. The maximum atomic E-state index is 11.8. The second kappa shape index (κ2) is 8.15. The van der Waals surface area contributed by atoms with E-state index >= 15 is 0 Å². The Morgan fingerprint density at radius 3 is 2.83 bits per heavy atom. The third-order valence-corrected chi connectivity index (χ3v) is 4.63. The molecular formula is C18H25N3O3. The third kappa shape index (κ3) is 4.47. The fourth-order valence-corrected chi connectivity index (χ4v) is 3.22. The van der Waals surface area contributed by atoms with Crippen molar-refractivity contribution in [3.63, 3.8) is 0 Å². The molecule has 3 rings (SSSR count). The fraction of sp³-hybridized carbons (Fsp3) is 0.556. The van der Waals surface area contributed by atoms with Gasteiger partial charge in [0.1, 0.15) is 5.75 Å². The highest BCUT2D eigenvalue weighted by Crippen LogP contribution is 2.23. The molecule has 6 heteroatoms. The lowest BCUT2D eigenvalue weighted by molar-refractivity contribution is -0.123. The number of anilines is 1. The van der Waals surface area contributed by atoms with Crippen molar-refractivity contribution < 1.29 is 14.3 Å². The van der Waals surface area contributed by atoms with Gasteiger partial charge in [-0.3, -0.25) is 9.59 Å². The quantitative estimate of drug-likeness (QED) is 0.790. The largest absolute Gasteiger partial charge is 0.484 e. The summed E-state index contributed by atoms with van der Waals surface area (Å²) < 4.78 is 5.51. The monoisotopic (exact) mass is 331 g/mol. The Hall–Kier alpha value is -2.08. The maximum Gasteiger partial charge on any atom is 0.257 e. The Kier molecular flexibility index (Phi) is 5.69. The van der Waals surface area contributed by atoms with E-state index in [9.17, 15) is 9.59 Å². The molecule has 2 aliphatic rings. The van der Waals surface area contributed by atoms with Crippen LogP contribution >= 0.6 is 0 Å². The molecule has 1 aromatic rings. The first-order valence-electron chi connectivity index (χ1n) is 8.73. The number of rotatable bonds is 7. The minimum atomic E-state index is -0.0975. The molecular weight excluding hydrogens is 306 g/mol. The Balaban J connectivity index is 1.38. The molecule has 0 saturated carbocycles. The zero-order chi connectivity index (χ0) is 16.8. The van der Waals surface area contributed by atoms with Crippen LogP contribution in [0.4, 0.5) is 5.69 Å². The van der Waals surface area contributed by atoms with Crippen molar-refractivity contribution in [2.75, 3.05) is 37.7 Å². The van der Waals surface area contributed by atoms with Crippen LogP contribution in [0.3, 0.4) is 0 Å². The average Bonchev–Trinajstić information content (AvgIpc) is 3.25. The maximum absolute atomic E-state index is 11.8. The molecule has 0 bridgehead atoms. The van der Waals surface area contributed by atoms with Crippen LogP contribution in [0.1, 0.15) is 25.7 Å². The lowest BCUT2D eigenvalue weighted by Gasteiger charge is -2.16. The van der Waals surface area contributed by atoms with Gasteiger partial charge in [0.15, 0.2) is 6.61 Å². The smallest absolute Gasteiger partial charge is 0.257 e. The molecule has 2 aliphatic heterocycles. The van der Waals surface area contributed by atoms with E-state index in [0.717, 1.165) is 38.2 Å². The summed E-state index contributed by atoms with van der Waals surface area (Å²) in [7, 11) is 0. The van der Waals surface area contributed by atoms with Gasteiger partial charge in [-0.15, -0.1) is 0 Å². The van der Waals surface area contributed by atoms with E-state index in [1.165, 1.54) is 6.42 Å². The average molecular weight is 331 g/mol. The van der Waals surface area contributed by atoms with E-state index in [0.29, 0.717) is 24.6 Å². The molecule has 2 heterocycles. The topological polar surface area (TPSA) is 70.7 Å². The molecule has 130 valence electrons. The van der Waals surface area contributed by atoms with Crippen LogP contribution in [0.5, 0.6) is 5.75 Å². The molecule has 2 fully saturated rings. The molecule has 0 spiro atoms. The number of benzene rings is 1. The van der Waals surface area contributed by atoms with Crippen molar-refractivity contribution in [2.45, 2.75) is 25.7 Å². The van der Waals surface area contributed by atoms with Crippen LogP contribution in [0, 0.1) is 5.92 Å². The van der Waals surface area contributed by atoms with Crippen LogP contribution in [0.15, 0.2) is 24.3 Å². The lowest BCUT2D eigenvalue weighted by Crippen LogP contribution is -2.30. The highest BCUT2D eigenvalue weighted by Gasteiger charge is 2.21. The second-order valence-corrected chi connectivity index (χ2v) is 6.43. The summed E-state index contributed by atoms with van der Waals surface area (Å²) in [6, 6.07) is 7.34. The number of carbonyl (C=O) groups excluding carboxylic acids is 2. The standard InChI is InChI=1S/C18H25N3O3/c22-17(20-10-8-14-7-9-19-12-14)13-24-16-5-3-15(4-6-16)21-11-1-2-18(21)23/h3-6,14,19H,1-2,7-13H2,(H,20,22). The number of nitrogens with zero attached hydrogens (tertiary/aromatic N) is 1. The Bertz CT molecular complexity index is 567. The summed E-state index contributed by atoms with van der Waals surface area (Å²) in [5.74, 6) is 1.38. The van der Waals surface area contributed by atoms with Gasteiger partial charge in [-0.2, -0.15) is 0 Å². The minimum Gasteiger partial charge on any atom is -0.484 e. The molecule has 0 radical (unpaired) electrons. The molecule has 1 atom stereocenters. The highest BCUT2D eigenvalue weighted by molar-refractivity contribution is 5.95. The molecule has 2 saturated heterocycles. The first-order valence-corrected chi connectivity index (χ1v) is 8.73. The van der Waals surface area contributed by atoms with Gasteiger partial charge >= 0.3 is 0 Å². The molecule has 1 aromatic carbocycles. The molecule has 0 aliphatic carbocycles. The van der Waals surface area contributed by atoms with Gasteiger partial charge in [0.05, 0.1) is 0 Å². The number of ether oxygens (including phenoxy) is 1. The van der Waals surface area contributed by atoms with Crippen LogP contribution in [-0.4, -0.2) is 44.6 Å². The van der Waals surface area contributed by atoms with Gasteiger partial charge in [0.25, 0.3) is 5.91 Å². The Morgan fingerprint density at radius 2 is 2.17 bits per heavy atom. The first kappa shape index (κ1) is 16.8. The number of amides is 2. The van der Waals surface area contributed by atoms with E-state index in [2.05, 4.69) is 10.6 Å². The van der Waals surface area contributed by atoms with Crippen LogP contribution in [-0.2, 0) is 9.59 Å². The summed E-state index contributed by atoms with van der Waals surface area (Å²) in [5, 5.41) is 6.22. The zero-order valence-electron chi connectivity index (χ0n) is 13.9. The summed E-state index contributed by atoms with van der Waals surface area (Å²) >= 11 is 0. The van der Waals surface area contributed by atoms with Gasteiger partial charge in [-0.05, 0) is 62.5 Å². The lowest BCUT2D eigenvalue weighted by atomic mass is 10.1. The van der Waals surface area contributed by atoms with Gasteiger partial charge in [0.2, 0.25) is 5.91 Å². The third-order valence-electron chi connectivity index (χ3n) is 4.63. The predicted molar refractivity (Wildman–Crippen MR) is 92.1 cm³/mol. The van der Waals surface area contributed by atoms with E-state index < -0.39 is 0 Å². The van der Waals surface area contributed by atoms with E-state index in [-0.39, 0.29) is 18.4 Å². The van der Waals surface area contributed by atoms with Gasteiger partial charge < -0.3 is 20.3 Å². The number of carbonyl (C=O) groups is 2. The number of nitrogens with one attached hydrogen (secondary N) is 2. The summed E-state index contributed by atoms with van der Waals surface area (Å²) in [6.07, 6.45) is 3.74. The van der Waals surface area contributed by atoms with E-state index in [4.69, 9.17) is 4.74 Å². The predicted octanol–water partition coefficient (Wildman–Crippen LogP) is 1.31. The van der Waals surface area contributed by atoms with Crippen LogP contribution in [0.2, 0.25) is 0 Å². The highest BCUT2D eigenvalue weighted by atomic mass is 16.5. The second-order valence-electron chi connectivity index (χ2n) is 6.43. The fourth-order valence-electron chi connectivity index (χ4n) is 3.22. The summed E-state index contributed by atoms with van der Waals surface area (Å²) in [5.41, 5.74) is 0.888. The van der Waals surface area contributed by atoms with Crippen molar-refractivity contribution in [1.82, 2.24) is 10.6 Å². The molecule has 24 heavy (non-hydrogen) atoms. The van der Waals surface area contributed by atoms with Gasteiger partial charge in [0, 0.05) is 25.2 Å². The van der Waals surface area contributed by atoms with Crippen molar-refractivity contribution in [3.05, 3.63) is 24.3 Å². The zero-order valence-corrected chi connectivity index (χ0v) is 13.9. The van der Waals surface area contributed by atoms with Crippen molar-refractivity contribution in [1.29, 1.82) is 0 Å². The molecule has 2 amide bonds. The van der Waals surface area contributed by atoms with E-state index in [1.54, 1.807) is 17.0 Å².